The van der Waals surface area contributed by atoms with Crippen molar-refractivity contribution in [1.82, 2.24) is 15.0 Å². The number of esters is 4. The molecule has 15 heteroatoms. The van der Waals surface area contributed by atoms with E-state index in [9.17, 15) is 24.0 Å². The normalized spacial score (nSPS) is 22.3. The fourth-order valence-electron chi connectivity index (χ4n) is 3.82. The maximum absolute atomic E-state index is 12.0. The number of carbonyl (C=O) groups is 5. The summed E-state index contributed by atoms with van der Waals surface area (Å²) in [6.07, 6.45) is -4.41. The highest BCUT2D eigenvalue weighted by Crippen LogP contribution is 2.34. The minimum absolute atomic E-state index is 0.117. The van der Waals surface area contributed by atoms with Crippen molar-refractivity contribution >= 4 is 41.8 Å². The molecule has 210 valence electrons. The Labute approximate surface area is 227 Å². The molecule has 1 aromatic heterocycles. The van der Waals surface area contributed by atoms with Crippen LogP contribution in [0.25, 0.3) is 0 Å². The van der Waals surface area contributed by atoms with Gasteiger partial charge in [0, 0.05) is 32.7 Å². The highest BCUT2D eigenvalue weighted by Gasteiger charge is 2.53. The van der Waals surface area contributed by atoms with Crippen molar-refractivity contribution in [3.8, 4) is 5.75 Å². The van der Waals surface area contributed by atoms with E-state index in [1.165, 1.54) is 29.9 Å². The predicted octanol–water partition coefficient (Wildman–Crippen LogP) is 1.58. The first-order chi connectivity index (χ1) is 18.5. The number of aldehydes is 1. The summed E-state index contributed by atoms with van der Waals surface area (Å²) in [6.45, 7) is 4.05. The van der Waals surface area contributed by atoms with E-state index in [1.54, 1.807) is 6.07 Å². The standard InChI is InChI=1S/C24H26ClN3O11/c1-12(30)34-11-20-21(36-13(2)31)22(37-14(3)32)23(38-15(4)33)24(39-20)28-8-18(26-27-28)10-35-19-6-5-17(25)7-16(19)9-29/h5-9,20-24H,10-11H2,1-4H3/t20-,21-,22+,23-,24-/m1/s1. The van der Waals surface area contributed by atoms with Gasteiger partial charge in [0.25, 0.3) is 0 Å². The molecule has 0 radical (unpaired) electrons. The van der Waals surface area contributed by atoms with Crippen LogP contribution in [0.5, 0.6) is 5.75 Å². The molecule has 2 heterocycles. The summed E-state index contributed by atoms with van der Waals surface area (Å²) >= 11 is 5.91. The molecule has 39 heavy (non-hydrogen) atoms. The molecule has 0 amide bonds. The molecule has 0 unspecified atom stereocenters. The van der Waals surface area contributed by atoms with Crippen LogP contribution in [-0.2, 0) is 49.5 Å². The molecule has 1 aromatic carbocycles. The summed E-state index contributed by atoms with van der Waals surface area (Å²) in [5.41, 5.74) is 0.518. The van der Waals surface area contributed by atoms with Crippen molar-refractivity contribution in [2.75, 3.05) is 6.61 Å². The van der Waals surface area contributed by atoms with Gasteiger partial charge in [0.15, 0.2) is 30.8 Å². The molecule has 1 fully saturated rings. The van der Waals surface area contributed by atoms with Crippen molar-refractivity contribution in [3.05, 3.63) is 40.7 Å². The second kappa shape index (κ2) is 13.2. The highest BCUT2D eigenvalue weighted by molar-refractivity contribution is 6.30. The van der Waals surface area contributed by atoms with Crippen LogP contribution < -0.4 is 4.74 Å². The van der Waals surface area contributed by atoms with E-state index < -0.39 is 54.5 Å². The van der Waals surface area contributed by atoms with Gasteiger partial charge in [-0.05, 0) is 18.2 Å². The van der Waals surface area contributed by atoms with Crippen LogP contribution in [0.3, 0.4) is 0 Å². The Balaban J connectivity index is 1.93. The average Bonchev–Trinajstić information content (AvgIpc) is 3.32. The lowest BCUT2D eigenvalue weighted by molar-refractivity contribution is -0.270. The number of hydrogen-bond acceptors (Lipinski definition) is 13. The Kier molecular flexibility index (Phi) is 9.95. The predicted molar refractivity (Wildman–Crippen MR) is 128 cm³/mol. The Morgan fingerprint density at radius 3 is 2.23 bits per heavy atom. The van der Waals surface area contributed by atoms with Crippen molar-refractivity contribution in [1.29, 1.82) is 0 Å². The minimum atomic E-state index is -1.36. The van der Waals surface area contributed by atoms with E-state index in [1.807, 2.05) is 0 Å². The van der Waals surface area contributed by atoms with Crippen LogP contribution in [0, 0.1) is 0 Å². The van der Waals surface area contributed by atoms with Gasteiger partial charge in [-0.2, -0.15) is 0 Å². The van der Waals surface area contributed by atoms with Crippen molar-refractivity contribution in [2.45, 2.75) is 64.9 Å². The van der Waals surface area contributed by atoms with Crippen LogP contribution in [0.2, 0.25) is 5.02 Å². The molecule has 14 nitrogen and oxygen atoms in total. The summed E-state index contributed by atoms with van der Waals surface area (Å²) in [4.78, 5) is 58.6. The molecule has 5 atom stereocenters. The van der Waals surface area contributed by atoms with Crippen LogP contribution in [-0.4, -0.2) is 76.2 Å². The molecule has 1 aliphatic rings. The highest BCUT2D eigenvalue weighted by atomic mass is 35.5. The van der Waals surface area contributed by atoms with Crippen molar-refractivity contribution in [3.63, 3.8) is 0 Å². The smallest absolute Gasteiger partial charge is 0.303 e. The lowest BCUT2D eigenvalue weighted by Crippen LogP contribution is -2.60. The molecule has 2 aromatic rings. The number of rotatable bonds is 10. The number of benzene rings is 1. The van der Waals surface area contributed by atoms with Crippen LogP contribution in [0.1, 0.15) is 50.0 Å². The summed E-state index contributed by atoms with van der Waals surface area (Å²) in [5, 5.41) is 8.40. The molecular formula is C24H26ClN3O11. The molecule has 0 saturated carbocycles. The quantitative estimate of drug-likeness (QED) is 0.230. The zero-order valence-electron chi connectivity index (χ0n) is 21.4. The van der Waals surface area contributed by atoms with Gasteiger partial charge >= 0.3 is 23.9 Å². The lowest BCUT2D eigenvalue weighted by atomic mass is 9.97. The van der Waals surface area contributed by atoms with Crippen LogP contribution >= 0.6 is 11.6 Å². The lowest BCUT2D eigenvalue weighted by Gasteiger charge is -2.44. The van der Waals surface area contributed by atoms with Gasteiger partial charge in [-0.1, -0.05) is 16.8 Å². The number of hydrogen-bond donors (Lipinski definition) is 0. The van der Waals surface area contributed by atoms with Crippen LogP contribution in [0.15, 0.2) is 24.4 Å². The zero-order chi connectivity index (χ0) is 28.7. The second-order valence-electron chi connectivity index (χ2n) is 8.37. The fraction of sp³-hybridized carbons (Fsp3) is 0.458. The molecule has 0 N–H and O–H groups in total. The third-order valence-electron chi connectivity index (χ3n) is 5.26. The van der Waals surface area contributed by atoms with Gasteiger partial charge in [-0.3, -0.25) is 24.0 Å². The van der Waals surface area contributed by atoms with E-state index in [4.69, 9.17) is 40.0 Å². The van der Waals surface area contributed by atoms with Crippen molar-refractivity contribution in [2.24, 2.45) is 0 Å². The number of aromatic nitrogens is 3. The molecule has 0 bridgehead atoms. The molecule has 0 spiro atoms. The van der Waals surface area contributed by atoms with Gasteiger partial charge in [-0.25, -0.2) is 4.68 Å². The second-order valence-corrected chi connectivity index (χ2v) is 8.80. The van der Waals surface area contributed by atoms with Gasteiger partial charge in [0.1, 0.15) is 30.8 Å². The van der Waals surface area contributed by atoms with E-state index in [0.29, 0.717) is 11.3 Å². The third-order valence-corrected chi connectivity index (χ3v) is 5.49. The number of carbonyl (C=O) groups excluding carboxylic acids is 5. The van der Waals surface area contributed by atoms with Crippen LogP contribution in [0.4, 0.5) is 0 Å². The molecule has 0 aliphatic carbocycles. The number of ether oxygens (including phenoxy) is 6. The number of nitrogens with zero attached hydrogens (tertiary/aromatic N) is 3. The molecular weight excluding hydrogens is 542 g/mol. The van der Waals surface area contributed by atoms with Gasteiger partial charge in [0.05, 0.1) is 11.8 Å². The molecule has 1 saturated heterocycles. The summed E-state index contributed by atoms with van der Waals surface area (Å²) < 4.78 is 34.1. The Morgan fingerprint density at radius 1 is 0.974 bits per heavy atom. The first-order valence-electron chi connectivity index (χ1n) is 11.6. The first-order valence-corrected chi connectivity index (χ1v) is 11.9. The van der Waals surface area contributed by atoms with Gasteiger partial charge < -0.3 is 28.4 Å². The van der Waals surface area contributed by atoms with E-state index in [0.717, 1.165) is 20.8 Å². The Hall–Kier alpha value is -4.04. The van der Waals surface area contributed by atoms with E-state index in [2.05, 4.69) is 10.3 Å². The monoisotopic (exact) mass is 567 g/mol. The van der Waals surface area contributed by atoms with E-state index in [-0.39, 0.29) is 30.2 Å². The topological polar surface area (TPSA) is 171 Å². The average molecular weight is 568 g/mol. The SMILES string of the molecule is CC(=O)OC[C@H]1O[C@@H](n2cc(COc3ccc(Cl)cc3C=O)nn2)[C@H](OC(C)=O)[C@@H](OC(C)=O)[C@@H]1OC(C)=O. The van der Waals surface area contributed by atoms with Gasteiger partial charge in [-0.15, -0.1) is 5.10 Å². The summed E-state index contributed by atoms with van der Waals surface area (Å²) in [5.74, 6) is -2.64. The molecule has 1 aliphatic heterocycles. The number of halogens is 1. The van der Waals surface area contributed by atoms with Crippen molar-refractivity contribution < 1.29 is 52.4 Å². The summed E-state index contributed by atoms with van der Waals surface area (Å²) in [6, 6.07) is 4.52. The Morgan fingerprint density at radius 2 is 1.62 bits per heavy atom. The minimum Gasteiger partial charge on any atom is -0.486 e. The fourth-order valence-corrected chi connectivity index (χ4v) is 4.00. The largest absolute Gasteiger partial charge is 0.486 e. The maximum Gasteiger partial charge on any atom is 0.303 e. The third kappa shape index (κ3) is 7.97. The maximum atomic E-state index is 12.0. The Bertz CT molecular complexity index is 1230. The molecule has 3 rings (SSSR count). The van der Waals surface area contributed by atoms with E-state index >= 15 is 0 Å². The summed E-state index contributed by atoms with van der Waals surface area (Å²) in [7, 11) is 0. The van der Waals surface area contributed by atoms with Gasteiger partial charge in [0.2, 0.25) is 0 Å². The zero-order valence-corrected chi connectivity index (χ0v) is 22.2. The first kappa shape index (κ1) is 29.5.